The molecule has 0 saturated heterocycles. The number of aryl methyl sites for hydroxylation is 1. The minimum absolute atomic E-state index is 0.180. The van der Waals surface area contributed by atoms with E-state index in [0.717, 1.165) is 5.56 Å². The molecular weight excluding hydrogens is 302 g/mol. The van der Waals surface area contributed by atoms with Gasteiger partial charge in [-0.2, -0.15) is 0 Å². The molecule has 2 aromatic rings. The van der Waals surface area contributed by atoms with Gasteiger partial charge in [-0.05, 0) is 31.2 Å². The Bertz CT molecular complexity index is 784. The number of nitrogens with zero attached hydrogens (tertiary/aromatic N) is 1. The van der Waals surface area contributed by atoms with Gasteiger partial charge in [-0.15, -0.1) is 0 Å². The molecule has 0 radical (unpaired) electrons. The molecule has 0 saturated carbocycles. The van der Waals surface area contributed by atoms with E-state index in [1.54, 1.807) is 18.2 Å². The second kappa shape index (κ2) is 5.53. The van der Waals surface area contributed by atoms with Gasteiger partial charge in [0, 0.05) is 13.1 Å². The first-order chi connectivity index (χ1) is 10.5. The van der Waals surface area contributed by atoms with Gasteiger partial charge in [-0.3, -0.25) is 4.31 Å². The molecule has 0 atom stereocenters. The van der Waals surface area contributed by atoms with Crippen LogP contribution in [0.5, 0.6) is 11.5 Å². The van der Waals surface area contributed by atoms with Crippen molar-refractivity contribution in [1.82, 2.24) is 0 Å². The van der Waals surface area contributed by atoms with Crippen LogP contribution in [0.15, 0.2) is 47.4 Å². The van der Waals surface area contributed by atoms with Crippen molar-refractivity contribution in [2.24, 2.45) is 0 Å². The van der Waals surface area contributed by atoms with Crippen molar-refractivity contribution in [3.05, 3.63) is 48.0 Å². The van der Waals surface area contributed by atoms with E-state index in [4.69, 9.17) is 9.47 Å². The molecule has 6 heteroatoms. The van der Waals surface area contributed by atoms with Crippen LogP contribution in [0.1, 0.15) is 5.56 Å². The number of hydrogen-bond donors (Lipinski definition) is 0. The molecule has 5 nitrogen and oxygen atoms in total. The smallest absolute Gasteiger partial charge is 0.264 e. The number of hydrogen-bond acceptors (Lipinski definition) is 4. The van der Waals surface area contributed by atoms with Crippen LogP contribution < -0.4 is 13.8 Å². The van der Waals surface area contributed by atoms with Gasteiger partial charge in [0.15, 0.2) is 11.5 Å². The van der Waals surface area contributed by atoms with Gasteiger partial charge in [0.2, 0.25) is 0 Å². The van der Waals surface area contributed by atoms with Crippen LogP contribution in [-0.2, 0) is 10.0 Å². The van der Waals surface area contributed by atoms with Crippen LogP contribution >= 0.6 is 0 Å². The Morgan fingerprint density at radius 1 is 0.955 bits per heavy atom. The Kier molecular flexibility index (Phi) is 3.70. The van der Waals surface area contributed by atoms with Crippen molar-refractivity contribution in [2.45, 2.75) is 11.8 Å². The van der Waals surface area contributed by atoms with Gasteiger partial charge in [0.05, 0.1) is 10.6 Å². The monoisotopic (exact) mass is 319 g/mol. The van der Waals surface area contributed by atoms with E-state index in [-0.39, 0.29) is 4.90 Å². The second-order valence-electron chi connectivity index (χ2n) is 5.11. The van der Waals surface area contributed by atoms with E-state index < -0.39 is 10.0 Å². The predicted molar refractivity (Wildman–Crippen MR) is 84.2 cm³/mol. The Morgan fingerprint density at radius 2 is 1.59 bits per heavy atom. The first-order valence-electron chi connectivity index (χ1n) is 6.94. The molecule has 3 rings (SSSR count). The quantitative estimate of drug-likeness (QED) is 0.872. The lowest BCUT2D eigenvalue weighted by molar-refractivity contribution is 0.171. The minimum Gasteiger partial charge on any atom is -0.486 e. The maximum atomic E-state index is 12.7. The van der Waals surface area contributed by atoms with Crippen molar-refractivity contribution in [3.8, 4) is 11.5 Å². The van der Waals surface area contributed by atoms with Crippen LogP contribution in [0.25, 0.3) is 0 Å². The molecule has 0 unspecified atom stereocenters. The standard InChI is InChI=1S/C16H17NO4S/c1-12-3-5-13(6-4-12)17(2)22(18,19)14-7-8-15-16(11-14)21-10-9-20-15/h3-8,11H,9-10H2,1-2H3. The third-order valence-corrected chi connectivity index (χ3v) is 5.35. The number of sulfonamides is 1. The first kappa shape index (κ1) is 14.7. The highest BCUT2D eigenvalue weighted by Gasteiger charge is 2.24. The summed E-state index contributed by atoms with van der Waals surface area (Å²) in [7, 11) is -2.10. The van der Waals surface area contributed by atoms with Crippen LogP contribution in [0.3, 0.4) is 0 Å². The molecule has 0 bridgehead atoms. The number of rotatable bonds is 3. The lowest BCUT2D eigenvalue weighted by Crippen LogP contribution is -2.26. The highest BCUT2D eigenvalue weighted by molar-refractivity contribution is 7.92. The Hall–Kier alpha value is -2.21. The highest BCUT2D eigenvalue weighted by atomic mass is 32.2. The summed E-state index contributed by atoms with van der Waals surface area (Å²) < 4.78 is 37.6. The number of anilines is 1. The van der Waals surface area contributed by atoms with E-state index in [1.165, 1.54) is 23.5 Å². The highest BCUT2D eigenvalue weighted by Crippen LogP contribution is 2.33. The molecule has 1 heterocycles. The predicted octanol–water partition coefficient (Wildman–Crippen LogP) is 2.59. The maximum Gasteiger partial charge on any atom is 0.264 e. The minimum atomic E-state index is -3.64. The summed E-state index contributed by atoms with van der Waals surface area (Å²) >= 11 is 0. The van der Waals surface area contributed by atoms with Gasteiger partial charge in [0.25, 0.3) is 10.0 Å². The third-order valence-electron chi connectivity index (χ3n) is 3.57. The summed E-state index contributed by atoms with van der Waals surface area (Å²) in [4.78, 5) is 0.180. The second-order valence-corrected chi connectivity index (χ2v) is 7.08. The largest absolute Gasteiger partial charge is 0.486 e. The Labute approximate surface area is 130 Å². The van der Waals surface area contributed by atoms with E-state index in [2.05, 4.69) is 0 Å². The molecule has 2 aromatic carbocycles. The lowest BCUT2D eigenvalue weighted by Gasteiger charge is -2.22. The lowest BCUT2D eigenvalue weighted by atomic mass is 10.2. The summed E-state index contributed by atoms with van der Waals surface area (Å²) in [6.45, 7) is 2.85. The number of fused-ring (bicyclic) bond motifs is 1. The number of ether oxygens (including phenoxy) is 2. The van der Waals surface area contributed by atoms with Crippen LogP contribution in [0.4, 0.5) is 5.69 Å². The molecule has 0 spiro atoms. The molecule has 0 N–H and O–H groups in total. The van der Waals surface area contributed by atoms with Crippen LogP contribution in [0.2, 0.25) is 0 Å². The molecule has 1 aliphatic heterocycles. The molecule has 0 fully saturated rings. The summed E-state index contributed by atoms with van der Waals surface area (Å²) in [5, 5.41) is 0. The summed E-state index contributed by atoms with van der Waals surface area (Å²) in [5.74, 6) is 1.04. The van der Waals surface area contributed by atoms with E-state index in [9.17, 15) is 8.42 Å². The first-order valence-corrected chi connectivity index (χ1v) is 8.38. The van der Waals surface area contributed by atoms with E-state index in [1.807, 2.05) is 19.1 Å². The van der Waals surface area contributed by atoms with Crippen LogP contribution in [-0.4, -0.2) is 28.7 Å². The maximum absolute atomic E-state index is 12.7. The third kappa shape index (κ3) is 2.62. The normalized spacial score (nSPS) is 13.7. The summed E-state index contributed by atoms with van der Waals surface area (Å²) in [6.07, 6.45) is 0. The van der Waals surface area contributed by atoms with Gasteiger partial charge >= 0.3 is 0 Å². The van der Waals surface area contributed by atoms with Gasteiger partial charge < -0.3 is 9.47 Å². The SMILES string of the molecule is Cc1ccc(N(C)S(=O)(=O)c2ccc3c(c2)OCCO3)cc1. The van der Waals surface area contributed by atoms with Crippen molar-refractivity contribution in [1.29, 1.82) is 0 Å². The van der Waals surface area contributed by atoms with Crippen molar-refractivity contribution >= 4 is 15.7 Å². The van der Waals surface area contributed by atoms with Crippen molar-refractivity contribution in [2.75, 3.05) is 24.6 Å². The zero-order valence-electron chi connectivity index (χ0n) is 12.4. The number of benzene rings is 2. The van der Waals surface area contributed by atoms with E-state index in [0.29, 0.717) is 30.4 Å². The van der Waals surface area contributed by atoms with Crippen molar-refractivity contribution in [3.63, 3.8) is 0 Å². The zero-order chi connectivity index (χ0) is 15.7. The fourth-order valence-electron chi connectivity index (χ4n) is 2.24. The Balaban J connectivity index is 1.97. The molecular formula is C16H17NO4S. The topological polar surface area (TPSA) is 55.8 Å². The zero-order valence-corrected chi connectivity index (χ0v) is 13.3. The molecule has 0 aliphatic carbocycles. The van der Waals surface area contributed by atoms with Crippen molar-refractivity contribution < 1.29 is 17.9 Å². The molecule has 0 amide bonds. The average molecular weight is 319 g/mol. The molecule has 0 aromatic heterocycles. The summed E-state index contributed by atoms with van der Waals surface area (Å²) in [6, 6.07) is 12.0. The fourth-order valence-corrected chi connectivity index (χ4v) is 3.45. The molecule has 1 aliphatic rings. The Morgan fingerprint density at radius 3 is 2.27 bits per heavy atom. The van der Waals surface area contributed by atoms with Gasteiger partial charge in [0.1, 0.15) is 13.2 Å². The van der Waals surface area contributed by atoms with Gasteiger partial charge in [-0.1, -0.05) is 17.7 Å². The average Bonchev–Trinajstić information content (AvgIpc) is 2.54. The molecule has 22 heavy (non-hydrogen) atoms. The summed E-state index contributed by atoms with van der Waals surface area (Å²) in [5.41, 5.74) is 1.69. The fraction of sp³-hybridized carbons (Fsp3) is 0.250. The van der Waals surface area contributed by atoms with Crippen LogP contribution in [0, 0.1) is 6.92 Å². The van der Waals surface area contributed by atoms with Gasteiger partial charge in [-0.25, -0.2) is 8.42 Å². The van der Waals surface area contributed by atoms with E-state index >= 15 is 0 Å². The molecule has 116 valence electrons.